The third kappa shape index (κ3) is 1.15. The third-order valence-electron chi connectivity index (χ3n) is 6.89. The molecule has 1 spiro atoms. The highest BCUT2D eigenvalue weighted by atomic mass is 15.2. The van der Waals surface area contributed by atoms with Gasteiger partial charge in [-0.15, -0.1) is 0 Å². The second kappa shape index (κ2) is 2.92. The van der Waals surface area contributed by atoms with E-state index in [0.717, 1.165) is 35.1 Å². The van der Waals surface area contributed by atoms with Crippen LogP contribution in [0.15, 0.2) is 0 Å². The van der Waals surface area contributed by atoms with Crippen molar-refractivity contribution < 1.29 is 0 Å². The summed E-state index contributed by atoms with van der Waals surface area (Å²) in [7, 11) is 0. The van der Waals surface area contributed by atoms with Gasteiger partial charge in [0.2, 0.25) is 0 Å². The molecule has 2 bridgehead atoms. The molecule has 0 aromatic heterocycles. The van der Waals surface area contributed by atoms with Gasteiger partial charge in [0.15, 0.2) is 0 Å². The standard InChI is InChI=1S/C16H27N/c1-10-14-11(9-17(10)15(2,3)4)12-5-6-13(14)16(12)7-8-16/h10-14H,5-9H2,1-4H3/t10-,11+,12-,13+,14+/m0/s1. The molecule has 96 valence electrons. The van der Waals surface area contributed by atoms with E-state index in [1.807, 2.05) is 0 Å². The molecule has 0 aromatic rings. The lowest BCUT2D eigenvalue weighted by molar-refractivity contribution is 0.0952. The summed E-state index contributed by atoms with van der Waals surface area (Å²) < 4.78 is 0. The molecule has 0 unspecified atom stereocenters. The first-order valence-electron chi connectivity index (χ1n) is 7.72. The van der Waals surface area contributed by atoms with Crippen molar-refractivity contribution in [2.75, 3.05) is 6.54 Å². The molecule has 3 saturated carbocycles. The Morgan fingerprint density at radius 2 is 1.71 bits per heavy atom. The molecule has 1 heterocycles. The van der Waals surface area contributed by atoms with Gasteiger partial charge in [0.25, 0.3) is 0 Å². The Morgan fingerprint density at radius 1 is 1.06 bits per heavy atom. The van der Waals surface area contributed by atoms with Gasteiger partial charge in [0, 0.05) is 18.1 Å². The predicted octanol–water partition coefficient (Wildman–Crippen LogP) is 3.54. The second-order valence-electron chi connectivity index (χ2n) is 8.33. The molecule has 1 heteroatoms. The van der Waals surface area contributed by atoms with Gasteiger partial charge in [-0.3, -0.25) is 4.90 Å². The van der Waals surface area contributed by atoms with Crippen molar-refractivity contribution in [3.8, 4) is 0 Å². The van der Waals surface area contributed by atoms with Gasteiger partial charge in [-0.2, -0.15) is 0 Å². The van der Waals surface area contributed by atoms with Crippen LogP contribution in [0.1, 0.15) is 53.4 Å². The molecule has 4 rings (SSSR count). The Kier molecular flexibility index (Phi) is 1.86. The average Bonchev–Trinajstić information content (AvgIpc) is 2.76. The van der Waals surface area contributed by atoms with E-state index in [4.69, 9.17) is 0 Å². The highest BCUT2D eigenvalue weighted by Gasteiger charge is 2.71. The van der Waals surface area contributed by atoms with Gasteiger partial charge < -0.3 is 0 Å². The quantitative estimate of drug-likeness (QED) is 0.618. The predicted molar refractivity (Wildman–Crippen MR) is 70.8 cm³/mol. The van der Waals surface area contributed by atoms with Crippen molar-refractivity contribution >= 4 is 0 Å². The molecule has 1 saturated heterocycles. The van der Waals surface area contributed by atoms with Crippen LogP contribution in [0.25, 0.3) is 0 Å². The van der Waals surface area contributed by atoms with Crippen LogP contribution in [0, 0.1) is 29.1 Å². The molecule has 0 N–H and O–H groups in total. The Hall–Kier alpha value is -0.0400. The molecular formula is C16H27N. The minimum atomic E-state index is 0.375. The van der Waals surface area contributed by atoms with E-state index in [1.165, 1.54) is 6.54 Å². The lowest BCUT2D eigenvalue weighted by Crippen LogP contribution is -2.45. The zero-order chi connectivity index (χ0) is 12.0. The molecule has 0 aromatic carbocycles. The van der Waals surface area contributed by atoms with E-state index in [1.54, 1.807) is 25.7 Å². The minimum absolute atomic E-state index is 0.375. The second-order valence-corrected chi connectivity index (χ2v) is 8.33. The van der Waals surface area contributed by atoms with Crippen LogP contribution >= 0.6 is 0 Å². The monoisotopic (exact) mass is 233 g/mol. The van der Waals surface area contributed by atoms with Gasteiger partial charge in [-0.1, -0.05) is 0 Å². The van der Waals surface area contributed by atoms with Crippen LogP contribution in [0.2, 0.25) is 0 Å². The fourth-order valence-electron chi connectivity index (χ4n) is 6.31. The highest BCUT2D eigenvalue weighted by Crippen LogP contribution is 2.76. The molecule has 4 aliphatic rings. The first kappa shape index (κ1) is 10.8. The Labute approximate surface area is 106 Å². The average molecular weight is 233 g/mol. The topological polar surface area (TPSA) is 3.24 Å². The summed E-state index contributed by atoms with van der Waals surface area (Å²) in [5.74, 6) is 4.34. The van der Waals surface area contributed by atoms with Crippen molar-refractivity contribution in [1.29, 1.82) is 0 Å². The maximum Gasteiger partial charge on any atom is 0.0128 e. The third-order valence-corrected chi connectivity index (χ3v) is 6.89. The van der Waals surface area contributed by atoms with E-state index in [2.05, 4.69) is 32.6 Å². The summed E-state index contributed by atoms with van der Waals surface area (Å²) in [6.07, 6.45) is 6.29. The minimum Gasteiger partial charge on any atom is -0.295 e. The lowest BCUT2D eigenvalue weighted by Gasteiger charge is -2.38. The number of nitrogens with zero attached hydrogens (tertiary/aromatic N) is 1. The first-order valence-corrected chi connectivity index (χ1v) is 7.72. The Bertz CT molecular complexity index is 349. The fourth-order valence-corrected chi connectivity index (χ4v) is 6.31. The van der Waals surface area contributed by atoms with Gasteiger partial charge >= 0.3 is 0 Å². The van der Waals surface area contributed by atoms with E-state index >= 15 is 0 Å². The van der Waals surface area contributed by atoms with E-state index in [-0.39, 0.29) is 0 Å². The highest BCUT2D eigenvalue weighted by molar-refractivity contribution is 5.21. The largest absolute Gasteiger partial charge is 0.295 e. The zero-order valence-corrected chi connectivity index (χ0v) is 11.9. The van der Waals surface area contributed by atoms with Crippen molar-refractivity contribution in [3.05, 3.63) is 0 Å². The van der Waals surface area contributed by atoms with Crippen LogP contribution in [-0.2, 0) is 0 Å². The summed E-state index contributed by atoms with van der Waals surface area (Å²) in [5, 5.41) is 0. The van der Waals surface area contributed by atoms with Gasteiger partial charge in [-0.25, -0.2) is 0 Å². The van der Waals surface area contributed by atoms with Crippen LogP contribution in [0.5, 0.6) is 0 Å². The number of rotatable bonds is 0. The number of fused-ring (bicyclic) bond motifs is 3. The molecule has 0 radical (unpaired) electrons. The summed E-state index contributed by atoms with van der Waals surface area (Å²) in [5.41, 5.74) is 1.26. The van der Waals surface area contributed by atoms with Crippen LogP contribution < -0.4 is 0 Å². The van der Waals surface area contributed by atoms with Gasteiger partial charge in [0.1, 0.15) is 0 Å². The Balaban J connectivity index is 1.67. The fraction of sp³-hybridized carbons (Fsp3) is 1.00. The Morgan fingerprint density at radius 3 is 2.24 bits per heavy atom. The summed E-state index contributed by atoms with van der Waals surface area (Å²) in [4.78, 5) is 2.81. The molecule has 1 nitrogen and oxygen atoms in total. The first-order chi connectivity index (χ1) is 7.95. The molecule has 17 heavy (non-hydrogen) atoms. The zero-order valence-electron chi connectivity index (χ0n) is 11.9. The maximum atomic E-state index is 2.81. The smallest absolute Gasteiger partial charge is 0.0128 e. The summed E-state index contributed by atoms with van der Waals surface area (Å²) >= 11 is 0. The normalized spacial score (nSPS) is 51.2. The van der Waals surface area contributed by atoms with Gasteiger partial charge in [-0.05, 0) is 82.5 Å². The van der Waals surface area contributed by atoms with E-state index < -0.39 is 0 Å². The van der Waals surface area contributed by atoms with Crippen LogP contribution in [-0.4, -0.2) is 23.0 Å². The molecular weight excluding hydrogens is 206 g/mol. The van der Waals surface area contributed by atoms with E-state index in [0.29, 0.717) is 5.54 Å². The number of hydrogen-bond donors (Lipinski definition) is 0. The van der Waals surface area contributed by atoms with Crippen LogP contribution in [0.3, 0.4) is 0 Å². The molecule has 3 aliphatic carbocycles. The van der Waals surface area contributed by atoms with Crippen molar-refractivity contribution in [1.82, 2.24) is 4.90 Å². The van der Waals surface area contributed by atoms with Crippen LogP contribution in [0.4, 0.5) is 0 Å². The van der Waals surface area contributed by atoms with E-state index in [9.17, 15) is 0 Å². The lowest BCUT2D eigenvalue weighted by atomic mass is 9.79. The molecule has 1 aliphatic heterocycles. The number of hydrogen-bond acceptors (Lipinski definition) is 1. The molecule has 4 fully saturated rings. The van der Waals surface area contributed by atoms with Crippen molar-refractivity contribution in [3.63, 3.8) is 0 Å². The SMILES string of the molecule is C[C@H]1[C@@H]2[C@H](CN1C(C)(C)C)[C@@H]1CC[C@H]2C12CC2. The summed E-state index contributed by atoms with van der Waals surface area (Å²) in [6.45, 7) is 11.1. The van der Waals surface area contributed by atoms with Gasteiger partial charge in [0.05, 0.1) is 0 Å². The maximum absolute atomic E-state index is 2.81. The number of likely N-dealkylation sites (tertiary alicyclic amines) is 1. The molecule has 5 atom stereocenters. The van der Waals surface area contributed by atoms with Crippen molar-refractivity contribution in [2.45, 2.75) is 65.0 Å². The summed E-state index contributed by atoms with van der Waals surface area (Å²) in [6, 6.07) is 0.841. The van der Waals surface area contributed by atoms with Crippen molar-refractivity contribution in [2.24, 2.45) is 29.1 Å². The molecule has 0 amide bonds.